The van der Waals surface area contributed by atoms with E-state index in [2.05, 4.69) is 66.4 Å². The van der Waals surface area contributed by atoms with Crippen LogP contribution >= 0.6 is 0 Å². The van der Waals surface area contributed by atoms with Gasteiger partial charge in [0.2, 0.25) is 0 Å². The monoisotopic (exact) mass is 312 g/mol. The molecule has 2 rings (SSSR count). The van der Waals surface area contributed by atoms with E-state index in [0.717, 1.165) is 12.8 Å². The summed E-state index contributed by atoms with van der Waals surface area (Å²) in [5, 5.41) is 2.56. The molecule has 0 unspecified atom stereocenters. The summed E-state index contributed by atoms with van der Waals surface area (Å²) < 4.78 is 0. The van der Waals surface area contributed by atoms with Crippen molar-refractivity contribution in [3.8, 4) is 0 Å². The van der Waals surface area contributed by atoms with Gasteiger partial charge in [0.05, 0.1) is 11.4 Å². The van der Waals surface area contributed by atoms with Crippen LogP contribution < -0.4 is 0 Å². The standard InChI is InChI=1S/C21H32N2/c1-9-14(10-2)18-15-11-12-22-13-16(15)17(20(3,4)5)19(23-18)21(6,7)8/h11-14H,9-10H2,1-8H3. The molecule has 0 spiro atoms. The molecule has 2 nitrogen and oxygen atoms in total. The second-order valence-electron chi connectivity index (χ2n) is 8.66. The van der Waals surface area contributed by atoms with Gasteiger partial charge in [-0.05, 0) is 29.9 Å². The van der Waals surface area contributed by atoms with E-state index >= 15 is 0 Å². The molecular formula is C21H32N2. The molecule has 2 heterocycles. The molecular weight excluding hydrogens is 280 g/mol. The Bertz CT molecular complexity index is 683. The molecule has 2 heteroatoms. The predicted octanol–water partition coefficient (Wildman–Crippen LogP) is 6.13. The van der Waals surface area contributed by atoms with Gasteiger partial charge in [-0.2, -0.15) is 0 Å². The van der Waals surface area contributed by atoms with Crippen LogP contribution in [0.15, 0.2) is 18.5 Å². The van der Waals surface area contributed by atoms with Crippen molar-refractivity contribution in [3.05, 3.63) is 35.4 Å². The Morgan fingerprint density at radius 1 is 0.913 bits per heavy atom. The number of nitrogens with zero attached hydrogens (tertiary/aromatic N) is 2. The highest BCUT2D eigenvalue weighted by atomic mass is 14.8. The summed E-state index contributed by atoms with van der Waals surface area (Å²) in [6.07, 6.45) is 6.19. The first-order chi connectivity index (χ1) is 10.6. The van der Waals surface area contributed by atoms with Gasteiger partial charge in [-0.25, -0.2) is 0 Å². The molecule has 0 radical (unpaired) electrons. The Morgan fingerprint density at radius 2 is 1.52 bits per heavy atom. The van der Waals surface area contributed by atoms with Gasteiger partial charge in [0.25, 0.3) is 0 Å². The molecule has 2 aromatic rings. The highest BCUT2D eigenvalue weighted by molar-refractivity contribution is 5.89. The second-order valence-corrected chi connectivity index (χ2v) is 8.66. The molecule has 0 fully saturated rings. The lowest BCUT2D eigenvalue weighted by Crippen LogP contribution is -2.25. The Kier molecular flexibility index (Phi) is 4.84. The molecule has 2 aromatic heterocycles. The van der Waals surface area contributed by atoms with Crippen LogP contribution in [0.4, 0.5) is 0 Å². The fourth-order valence-corrected chi connectivity index (χ4v) is 3.47. The van der Waals surface area contributed by atoms with Crippen LogP contribution in [0, 0.1) is 0 Å². The zero-order valence-corrected chi connectivity index (χ0v) is 16.1. The Morgan fingerprint density at radius 3 is 2.00 bits per heavy atom. The lowest BCUT2D eigenvalue weighted by molar-refractivity contribution is 0.510. The quantitative estimate of drug-likeness (QED) is 0.681. The van der Waals surface area contributed by atoms with Crippen molar-refractivity contribution in [2.45, 2.75) is 85.0 Å². The third-order valence-corrected chi connectivity index (χ3v) is 4.67. The van der Waals surface area contributed by atoms with Crippen molar-refractivity contribution < 1.29 is 0 Å². The van der Waals surface area contributed by atoms with Gasteiger partial charge in [-0.3, -0.25) is 9.97 Å². The number of hydrogen-bond acceptors (Lipinski definition) is 2. The van der Waals surface area contributed by atoms with Crippen molar-refractivity contribution in [1.82, 2.24) is 9.97 Å². The first-order valence-corrected chi connectivity index (χ1v) is 8.89. The summed E-state index contributed by atoms with van der Waals surface area (Å²) in [6.45, 7) is 18.2. The minimum atomic E-state index is 0.0213. The van der Waals surface area contributed by atoms with E-state index < -0.39 is 0 Å². The SMILES string of the molecule is CCC(CC)c1nc(C(C)(C)C)c(C(C)(C)C)c2cnccc12. The maximum atomic E-state index is 5.25. The van der Waals surface area contributed by atoms with Crippen LogP contribution in [-0.2, 0) is 10.8 Å². The van der Waals surface area contributed by atoms with E-state index in [0.29, 0.717) is 5.92 Å². The van der Waals surface area contributed by atoms with Gasteiger partial charge >= 0.3 is 0 Å². The normalized spacial score (nSPS) is 13.1. The molecule has 0 saturated carbocycles. The van der Waals surface area contributed by atoms with E-state index in [1.807, 2.05) is 12.4 Å². The molecule has 0 saturated heterocycles. The second kappa shape index (κ2) is 6.22. The third-order valence-electron chi connectivity index (χ3n) is 4.67. The highest BCUT2D eigenvalue weighted by Gasteiger charge is 2.30. The van der Waals surface area contributed by atoms with Crippen LogP contribution in [0.3, 0.4) is 0 Å². The van der Waals surface area contributed by atoms with E-state index in [1.165, 1.54) is 27.7 Å². The maximum absolute atomic E-state index is 5.25. The summed E-state index contributed by atoms with van der Waals surface area (Å²) in [4.78, 5) is 9.69. The highest BCUT2D eigenvalue weighted by Crippen LogP contribution is 2.40. The van der Waals surface area contributed by atoms with Crippen molar-refractivity contribution >= 4 is 10.8 Å². The molecule has 0 bridgehead atoms. The van der Waals surface area contributed by atoms with Crippen molar-refractivity contribution in [3.63, 3.8) is 0 Å². The van der Waals surface area contributed by atoms with Gasteiger partial charge < -0.3 is 0 Å². The largest absolute Gasteiger partial charge is 0.264 e. The van der Waals surface area contributed by atoms with Crippen LogP contribution in [0.5, 0.6) is 0 Å². The first kappa shape index (κ1) is 17.9. The van der Waals surface area contributed by atoms with E-state index in [-0.39, 0.29) is 10.8 Å². The Labute approximate surface area is 141 Å². The predicted molar refractivity (Wildman–Crippen MR) is 100 cm³/mol. The lowest BCUT2D eigenvalue weighted by Gasteiger charge is -2.32. The van der Waals surface area contributed by atoms with E-state index in [4.69, 9.17) is 4.98 Å². The number of aromatic nitrogens is 2. The summed E-state index contributed by atoms with van der Waals surface area (Å²) in [6, 6.07) is 2.15. The summed E-state index contributed by atoms with van der Waals surface area (Å²) in [5.74, 6) is 0.509. The van der Waals surface area contributed by atoms with Crippen molar-refractivity contribution in [2.75, 3.05) is 0 Å². The van der Waals surface area contributed by atoms with Crippen LogP contribution in [0.25, 0.3) is 10.8 Å². The number of pyridine rings is 2. The van der Waals surface area contributed by atoms with E-state index in [1.54, 1.807) is 0 Å². The van der Waals surface area contributed by atoms with Crippen molar-refractivity contribution in [1.29, 1.82) is 0 Å². The molecule has 23 heavy (non-hydrogen) atoms. The number of hydrogen-bond donors (Lipinski definition) is 0. The van der Waals surface area contributed by atoms with Crippen LogP contribution in [0.2, 0.25) is 0 Å². The fourth-order valence-electron chi connectivity index (χ4n) is 3.47. The van der Waals surface area contributed by atoms with E-state index in [9.17, 15) is 0 Å². The number of rotatable bonds is 3. The summed E-state index contributed by atoms with van der Waals surface area (Å²) in [5.41, 5.74) is 3.90. The van der Waals surface area contributed by atoms with Gasteiger partial charge in [-0.1, -0.05) is 55.4 Å². The molecule has 0 aromatic carbocycles. The Hall–Kier alpha value is -1.44. The fraction of sp³-hybridized carbons (Fsp3) is 0.619. The van der Waals surface area contributed by atoms with Gasteiger partial charge in [0.15, 0.2) is 0 Å². The topological polar surface area (TPSA) is 25.8 Å². The number of fused-ring (bicyclic) bond motifs is 1. The minimum absolute atomic E-state index is 0.0213. The van der Waals surface area contributed by atoms with Gasteiger partial charge in [0.1, 0.15) is 0 Å². The molecule has 0 atom stereocenters. The maximum Gasteiger partial charge on any atom is 0.0517 e. The third kappa shape index (κ3) is 3.41. The van der Waals surface area contributed by atoms with Crippen LogP contribution in [-0.4, -0.2) is 9.97 Å². The molecule has 0 amide bonds. The van der Waals surface area contributed by atoms with Gasteiger partial charge in [0, 0.05) is 34.5 Å². The minimum Gasteiger partial charge on any atom is -0.264 e. The zero-order chi connectivity index (χ0) is 17.4. The van der Waals surface area contributed by atoms with Crippen LogP contribution in [0.1, 0.15) is 91.1 Å². The summed E-state index contributed by atoms with van der Waals surface area (Å²) >= 11 is 0. The molecule has 0 N–H and O–H groups in total. The molecule has 0 aliphatic carbocycles. The molecule has 0 aliphatic heterocycles. The average molecular weight is 313 g/mol. The van der Waals surface area contributed by atoms with Crippen molar-refractivity contribution in [2.24, 2.45) is 0 Å². The Balaban J connectivity index is 2.97. The first-order valence-electron chi connectivity index (χ1n) is 8.89. The van der Waals surface area contributed by atoms with Gasteiger partial charge in [-0.15, -0.1) is 0 Å². The summed E-state index contributed by atoms with van der Waals surface area (Å²) in [7, 11) is 0. The average Bonchev–Trinajstić information content (AvgIpc) is 2.45. The molecule has 126 valence electrons. The smallest absolute Gasteiger partial charge is 0.0517 e. The molecule has 0 aliphatic rings. The lowest BCUT2D eigenvalue weighted by atomic mass is 9.75. The zero-order valence-electron chi connectivity index (χ0n) is 16.1.